The molecule has 0 aliphatic heterocycles. The molecule has 4 heteroatoms. The molecule has 0 atom stereocenters. The third kappa shape index (κ3) is 2.00. The molecule has 17 heavy (non-hydrogen) atoms. The first-order valence-corrected chi connectivity index (χ1v) is 6.10. The van der Waals surface area contributed by atoms with Gasteiger partial charge in [-0.2, -0.15) is 5.10 Å². The molecule has 0 saturated heterocycles. The Kier molecular flexibility index (Phi) is 3.04. The monoisotopic (exact) mass is 251 g/mol. The van der Waals surface area contributed by atoms with Gasteiger partial charge in [0.1, 0.15) is 0 Å². The molecule has 2 aromatic heterocycles. The van der Waals surface area contributed by atoms with Gasteiger partial charge >= 0.3 is 0 Å². The van der Waals surface area contributed by atoms with Crippen LogP contribution < -0.4 is 0 Å². The maximum atomic E-state index is 6.27. The molecule has 0 aromatic carbocycles. The second kappa shape index (κ2) is 4.22. The van der Waals surface area contributed by atoms with Crippen molar-refractivity contribution in [2.45, 2.75) is 34.2 Å². The lowest BCUT2D eigenvalue weighted by Crippen LogP contribution is -2.06. The fourth-order valence-corrected chi connectivity index (χ4v) is 2.33. The minimum atomic E-state index is 0.774. The predicted octanol–water partition coefficient (Wildman–Crippen LogP) is 3.16. The van der Waals surface area contributed by atoms with Crippen molar-refractivity contribution in [3.8, 4) is 0 Å². The number of hydrogen-bond donors (Lipinski definition) is 0. The van der Waals surface area contributed by atoms with Crippen LogP contribution in [-0.4, -0.2) is 14.3 Å². The average Bonchev–Trinajstić information content (AvgIpc) is 2.65. The van der Waals surface area contributed by atoms with Crippen molar-refractivity contribution in [1.82, 2.24) is 14.3 Å². The summed E-state index contributed by atoms with van der Waals surface area (Å²) in [6.07, 6.45) is 2.17. The first-order chi connectivity index (χ1) is 7.91. The molecule has 0 saturated carbocycles. The Bertz CT molecular complexity index is 564. The van der Waals surface area contributed by atoms with E-state index in [1.165, 1.54) is 16.8 Å². The van der Waals surface area contributed by atoms with Crippen molar-refractivity contribution < 1.29 is 0 Å². The highest BCUT2D eigenvalue weighted by atomic mass is 35.5. The van der Waals surface area contributed by atoms with E-state index in [0.29, 0.717) is 0 Å². The van der Waals surface area contributed by atoms with Gasteiger partial charge in [0.2, 0.25) is 0 Å². The number of nitrogens with zero attached hydrogens (tertiary/aromatic N) is 3. The van der Waals surface area contributed by atoms with Crippen molar-refractivity contribution in [2.75, 3.05) is 0 Å². The van der Waals surface area contributed by atoms with Crippen LogP contribution in [0.1, 0.15) is 28.2 Å². The zero-order valence-corrected chi connectivity index (χ0v) is 11.8. The largest absolute Gasteiger partial charge is 0.345 e. The summed E-state index contributed by atoms with van der Waals surface area (Å²) < 4.78 is 4.09. The van der Waals surface area contributed by atoms with E-state index in [4.69, 9.17) is 11.6 Å². The fraction of sp³-hybridized carbons (Fsp3) is 0.462. The molecular weight excluding hydrogens is 234 g/mol. The molecule has 0 unspecified atom stereocenters. The van der Waals surface area contributed by atoms with E-state index in [1.54, 1.807) is 0 Å². The van der Waals surface area contributed by atoms with Gasteiger partial charge in [-0.1, -0.05) is 11.6 Å². The van der Waals surface area contributed by atoms with Gasteiger partial charge in [-0.25, -0.2) is 0 Å². The number of halogens is 1. The molecule has 2 rings (SSSR count). The van der Waals surface area contributed by atoms with Gasteiger partial charge in [0, 0.05) is 18.9 Å². The maximum absolute atomic E-state index is 6.27. The van der Waals surface area contributed by atoms with Crippen molar-refractivity contribution >= 4 is 11.6 Å². The normalized spacial score (nSPS) is 11.2. The smallest absolute Gasteiger partial charge is 0.0865 e. The highest BCUT2D eigenvalue weighted by Gasteiger charge is 2.13. The van der Waals surface area contributed by atoms with Gasteiger partial charge in [-0.3, -0.25) is 4.68 Å². The van der Waals surface area contributed by atoms with Crippen molar-refractivity contribution in [2.24, 2.45) is 7.05 Å². The Labute approximate surface area is 107 Å². The zero-order valence-electron chi connectivity index (χ0n) is 11.0. The van der Waals surface area contributed by atoms with Gasteiger partial charge in [-0.05, 0) is 38.8 Å². The lowest BCUT2D eigenvalue weighted by atomic mass is 10.2. The lowest BCUT2D eigenvalue weighted by Gasteiger charge is -2.07. The third-order valence-corrected chi connectivity index (χ3v) is 3.99. The molecule has 0 spiro atoms. The number of aromatic nitrogens is 3. The van der Waals surface area contributed by atoms with Crippen LogP contribution in [-0.2, 0) is 13.6 Å². The van der Waals surface area contributed by atoms with Crippen LogP contribution in [0.4, 0.5) is 0 Å². The molecule has 0 fully saturated rings. The first kappa shape index (κ1) is 12.2. The molecule has 3 nitrogen and oxygen atoms in total. The van der Waals surface area contributed by atoms with Crippen LogP contribution in [0, 0.1) is 27.7 Å². The summed E-state index contributed by atoms with van der Waals surface area (Å²) in [5.74, 6) is 0. The fourth-order valence-electron chi connectivity index (χ4n) is 2.11. The Morgan fingerprint density at radius 1 is 1.24 bits per heavy atom. The second-order valence-electron chi connectivity index (χ2n) is 4.62. The Balaban J connectivity index is 2.41. The van der Waals surface area contributed by atoms with Crippen LogP contribution in [0.25, 0.3) is 0 Å². The van der Waals surface area contributed by atoms with E-state index in [0.717, 1.165) is 23.0 Å². The summed E-state index contributed by atoms with van der Waals surface area (Å²) in [6, 6.07) is 0. The van der Waals surface area contributed by atoms with Crippen LogP contribution in [0.15, 0.2) is 6.20 Å². The topological polar surface area (TPSA) is 22.8 Å². The summed E-state index contributed by atoms with van der Waals surface area (Å²) in [5.41, 5.74) is 5.90. The van der Waals surface area contributed by atoms with E-state index in [9.17, 15) is 0 Å². The maximum Gasteiger partial charge on any atom is 0.0865 e. The van der Waals surface area contributed by atoms with Crippen LogP contribution >= 0.6 is 11.6 Å². The molecule has 0 aliphatic carbocycles. The molecule has 0 N–H and O–H groups in total. The zero-order chi connectivity index (χ0) is 12.7. The summed E-state index contributed by atoms with van der Waals surface area (Å²) in [6.45, 7) is 9.13. The molecule has 0 amide bonds. The minimum absolute atomic E-state index is 0.774. The number of rotatable bonds is 2. The summed E-state index contributed by atoms with van der Waals surface area (Å²) >= 11 is 6.27. The van der Waals surface area contributed by atoms with Gasteiger partial charge in [0.25, 0.3) is 0 Å². The Morgan fingerprint density at radius 2 is 1.88 bits per heavy atom. The quantitative estimate of drug-likeness (QED) is 0.804. The van der Waals surface area contributed by atoms with Gasteiger partial charge in [-0.15, -0.1) is 0 Å². The molecule has 2 aromatic rings. The SMILES string of the molecule is Cc1cn(Cc2c(Cl)c(C)nn2C)c(C)c1C. The van der Waals surface area contributed by atoms with E-state index < -0.39 is 0 Å². The van der Waals surface area contributed by atoms with Crippen LogP contribution in [0.3, 0.4) is 0 Å². The summed E-state index contributed by atoms with van der Waals surface area (Å²) in [5, 5.41) is 5.11. The summed E-state index contributed by atoms with van der Waals surface area (Å²) in [4.78, 5) is 0. The van der Waals surface area contributed by atoms with Gasteiger partial charge in [0.15, 0.2) is 0 Å². The molecule has 0 bridgehead atoms. The molecular formula is C13H18ClN3. The Morgan fingerprint density at radius 3 is 2.29 bits per heavy atom. The minimum Gasteiger partial charge on any atom is -0.345 e. The lowest BCUT2D eigenvalue weighted by molar-refractivity contribution is 0.656. The second-order valence-corrected chi connectivity index (χ2v) is 5.00. The van der Waals surface area contributed by atoms with Crippen molar-refractivity contribution in [3.05, 3.63) is 39.4 Å². The predicted molar refractivity (Wildman–Crippen MR) is 70.7 cm³/mol. The van der Waals surface area contributed by atoms with Crippen molar-refractivity contribution in [3.63, 3.8) is 0 Å². The van der Waals surface area contributed by atoms with E-state index in [2.05, 4.69) is 36.6 Å². The van der Waals surface area contributed by atoms with E-state index in [1.807, 2.05) is 18.7 Å². The highest BCUT2D eigenvalue weighted by molar-refractivity contribution is 6.31. The van der Waals surface area contributed by atoms with Crippen LogP contribution in [0.2, 0.25) is 5.02 Å². The summed E-state index contributed by atoms with van der Waals surface area (Å²) in [7, 11) is 1.94. The molecule has 0 aliphatic rings. The number of hydrogen-bond acceptors (Lipinski definition) is 1. The molecule has 92 valence electrons. The first-order valence-electron chi connectivity index (χ1n) is 5.72. The van der Waals surface area contributed by atoms with E-state index >= 15 is 0 Å². The Hall–Kier alpha value is -1.22. The third-order valence-electron chi connectivity index (χ3n) is 3.50. The van der Waals surface area contributed by atoms with E-state index in [-0.39, 0.29) is 0 Å². The van der Waals surface area contributed by atoms with Gasteiger partial charge < -0.3 is 4.57 Å². The number of aryl methyl sites for hydroxylation is 3. The van der Waals surface area contributed by atoms with Gasteiger partial charge in [0.05, 0.1) is 23.0 Å². The van der Waals surface area contributed by atoms with Crippen molar-refractivity contribution in [1.29, 1.82) is 0 Å². The van der Waals surface area contributed by atoms with Crippen LogP contribution in [0.5, 0.6) is 0 Å². The molecule has 0 radical (unpaired) electrons. The molecule has 2 heterocycles. The standard InChI is InChI=1S/C13H18ClN3/c1-8-6-17(11(4)9(8)2)7-12-13(14)10(3)15-16(12)5/h6H,7H2,1-5H3. The average molecular weight is 252 g/mol. The highest BCUT2D eigenvalue weighted by Crippen LogP contribution is 2.22.